The van der Waals surface area contributed by atoms with Crippen LogP contribution in [0.4, 0.5) is 4.39 Å². The molecule has 1 amide bonds. The lowest BCUT2D eigenvalue weighted by atomic mass is 10.1. The van der Waals surface area contributed by atoms with E-state index in [-0.39, 0.29) is 18.3 Å². The van der Waals surface area contributed by atoms with Gasteiger partial charge in [-0.3, -0.25) is 4.79 Å². The van der Waals surface area contributed by atoms with E-state index in [4.69, 9.17) is 9.84 Å². The molecule has 0 saturated carbocycles. The number of hydrogen-bond acceptors (Lipinski definition) is 3. The van der Waals surface area contributed by atoms with Gasteiger partial charge in [-0.2, -0.15) is 0 Å². The Morgan fingerprint density at radius 2 is 2.20 bits per heavy atom. The molecule has 1 aliphatic heterocycles. The standard InChI is InChI=1S/C14H14FNO4/c15-11-4-2-6-16(8-11)14(19)10-3-1-5-12(7-10)20-9-13(17)18/h1,3-5,7H,2,6,8-9H2,(H,17,18). The number of rotatable bonds is 4. The van der Waals surface area contributed by atoms with Gasteiger partial charge >= 0.3 is 5.97 Å². The van der Waals surface area contributed by atoms with Crippen LogP contribution in [0, 0.1) is 0 Å². The van der Waals surface area contributed by atoms with Gasteiger partial charge in [-0.05, 0) is 30.7 Å². The zero-order chi connectivity index (χ0) is 14.5. The molecular weight excluding hydrogens is 265 g/mol. The molecule has 1 aliphatic rings. The van der Waals surface area contributed by atoms with E-state index >= 15 is 0 Å². The topological polar surface area (TPSA) is 66.8 Å². The van der Waals surface area contributed by atoms with Gasteiger partial charge in [0.25, 0.3) is 5.91 Å². The number of carbonyl (C=O) groups excluding carboxylic acids is 1. The maximum atomic E-state index is 13.2. The molecule has 0 bridgehead atoms. The van der Waals surface area contributed by atoms with E-state index in [9.17, 15) is 14.0 Å². The number of carboxylic acid groups (broad SMARTS) is 1. The second kappa shape index (κ2) is 6.18. The first-order valence-electron chi connectivity index (χ1n) is 6.15. The lowest BCUT2D eigenvalue weighted by Gasteiger charge is -2.24. The summed E-state index contributed by atoms with van der Waals surface area (Å²) in [5, 5.41) is 8.54. The Balaban J connectivity index is 2.08. The highest BCUT2D eigenvalue weighted by Crippen LogP contribution is 2.18. The smallest absolute Gasteiger partial charge is 0.341 e. The Hall–Kier alpha value is -2.37. The summed E-state index contributed by atoms with van der Waals surface area (Å²) in [5.74, 6) is -1.41. The predicted octanol–water partition coefficient (Wildman–Crippen LogP) is 1.85. The van der Waals surface area contributed by atoms with Gasteiger partial charge in [0.2, 0.25) is 0 Å². The maximum Gasteiger partial charge on any atom is 0.341 e. The molecule has 0 radical (unpaired) electrons. The molecule has 0 unspecified atom stereocenters. The van der Waals surface area contributed by atoms with Crippen LogP contribution in [-0.2, 0) is 4.79 Å². The average Bonchev–Trinajstić information content (AvgIpc) is 2.44. The Labute approximate surface area is 115 Å². The number of hydrogen-bond donors (Lipinski definition) is 1. The minimum absolute atomic E-state index is 0.0287. The van der Waals surface area contributed by atoms with Gasteiger partial charge in [-0.15, -0.1) is 0 Å². The van der Waals surface area contributed by atoms with Crippen molar-refractivity contribution in [1.29, 1.82) is 0 Å². The van der Waals surface area contributed by atoms with E-state index < -0.39 is 12.6 Å². The van der Waals surface area contributed by atoms with Crippen LogP contribution in [0.2, 0.25) is 0 Å². The van der Waals surface area contributed by atoms with Crippen LogP contribution in [0.5, 0.6) is 5.75 Å². The van der Waals surface area contributed by atoms with Gasteiger partial charge in [0.15, 0.2) is 6.61 Å². The minimum Gasteiger partial charge on any atom is -0.482 e. The summed E-state index contributed by atoms with van der Waals surface area (Å²) in [6.45, 7) is -0.0375. The van der Waals surface area contributed by atoms with Crippen molar-refractivity contribution in [3.05, 3.63) is 41.7 Å². The molecule has 0 aromatic heterocycles. The largest absolute Gasteiger partial charge is 0.482 e. The molecule has 1 aromatic carbocycles. The third-order valence-corrected chi connectivity index (χ3v) is 2.84. The van der Waals surface area contributed by atoms with Crippen LogP contribution >= 0.6 is 0 Å². The minimum atomic E-state index is -1.09. The van der Waals surface area contributed by atoms with E-state index in [0.717, 1.165) is 0 Å². The number of carbonyl (C=O) groups is 2. The van der Waals surface area contributed by atoms with E-state index in [1.54, 1.807) is 18.2 Å². The summed E-state index contributed by atoms with van der Waals surface area (Å²) >= 11 is 0. The first-order valence-corrected chi connectivity index (χ1v) is 6.15. The second-order valence-electron chi connectivity index (χ2n) is 4.38. The summed E-state index contributed by atoms with van der Waals surface area (Å²) in [6.07, 6.45) is 1.96. The van der Waals surface area contributed by atoms with Crippen molar-refractivity contribution in [3.63, 3.8) is 0 Å². The van der Waals surface area contributed by atoms with Crippen molar-refractivity contribution in [2.45, 2.75) is 6.42 Å². The lowest BCUT2D eigenvalue weighted by molar-refractivity contribution is -0.139. The Morgan fingerprint density at radius 3 is 2.90 bits per heavy atom. The van der Waals surface area contributed by atoms with Gasteiger partial charge in [-0.25, -0.2) is 9.18 Å². The highest BCUT2D eigenvalue weighted by atomic mass is 19.1. The first kappa shape index (κ1) is 14.0. The fourth-order valence-corrected chi connectivity index (χ4v) is 1.92. The van der Waals surface area contributed by atoms with Crippen LogP contribution in [0.15, 0.2) is 36.2 Å². The van der Waals surface area contributed by atoms with Crippen LogP contribution in [0.3, 0.4) is 0 Å². The van der Waals surface area contributed by atoms with Gasteiger partial charge in [0.05, 0.1) is 6.54 Å². The quantitative estimate of drug-likeness (QED) is 0.913. The maximum absolute atomic E-state index is 13.2. The van der Waals surface area contributed by atoms with Crippen molar-refractivity contribution in [3.8, 4) is 5.75 Å². The van der Waals surface area contributed by atoms with Crippen molar-refractivity contribution < 1.29 is 23.8 Å². The first-order chi connectivity index (χ1) is 9.56. The highest BCUT2D eigenvalue weighted by molar-refractivity contribution is 5.94. The molecule has 20 heavy (non-hydrogen) atoms. The van der Waals surface area contributed by atoms with Crippen molar-refractivity contribution in [2.24, 2.45) is 0 Å². The molecular formula is C14H14FNO4. The second-order valence-corrected chi connectivity index (χ2v) is 4.38. The molecule has 2 rings (SSSR count). The number of benzene rings is 1. The highest BCUT2D eigenvalue weighted by Gasteiger charge is 2.20. The number of amides is 1. The van der Waals surface area contributed by atoms with Gasteiger partial charge in [0, 0.05) is 12.1 Å². The van der Waals surface area contributed by atoms with Crippen molar-refractivity contribution in [2.75, 3.05) is 19.7 Å². The van der Waals surface area contributed by atoms with E-state index in [1.165, 1.54) is 17.0 Å². The van der Waals surface area contributed by atoms with Gasteiger partial charge in [0.1, 0.15) is 11.6 Å². The number of aliphatic carboxylic acids is 1. The summed E-state index contributed by atoms with van der Waals surface area (Å²) in [5.41, 5.74) is 0.350. The molecule has 1 N–H and O–H groups in total. The lowest BCUT2D eigenvalue weighted by Crippen LogP contribution is -2.35. The van der Waals surface area contributed by atoms with Crippen molar-refractivity contribution >= 4 is 11.9 Å². The number of halogens is 1. The van der Waals surface area contributed by atoms with Crippen LogP contribution in [-0.4, -0.2) is 41.6 Å². The molecule has 1 aromatic rings. The summed E-state index contributed by atoms with van der Waals surface area (Å²) in [7, 11) is 0. The zero-order valence-electron chi connectivity index (χ0n) is 10.7. The third kappa shape index (κ3) is 3.57. The fourth-order valence-electron chi connectivity index (χ4n) is 1.92. The Kier molecular flexibility index (Phi) is 4.34. The monoisotopic (exact) mass is 279 g/mol. The number of nitrogens with zero attached hydrogens (tertiary/aromatic N) is 1. The molecule has 0 saturated heterocycles. The molecule has 0 fully saturated rings. The molecule has 106 valence electrons. The van der Waals surface area contributed by atoms with Gasteiger partial charge < -0.3 is 14.7 Å². The van der Waals surface area contributed by atoms with E-state index in [1.807, 2.05) is 0 Å². The normalized spacial score (nSPS) is 14.7. The van der Waals surface area contributed by atoms with E-state index in [2.05, 4.69) is 0 Å². The summed E-state index contributed by atoms with van der Waals surface area (Å²) in [4.78, 5) is 24.0. The van der Waals surface area contributed by atoms with Crippen LogP contribution in [0.1, 0.15) is 16.8 Å². The molecule has 1 heterocycles. The average molecular weight is 279 g/mol. The molecule has 5 nitrogen and oxygen atoms in total. The van der Waals surface area contributed by atoms with Crippen LogP contribution < -0.4 is 4.74 Å². The summed E-state index contributed by atoms with van der Waals surface area (Å²) < 4.78 is 18.2. The summed E-state index contributed by atoms with van der Waals surface area (Å²) in [6, 6.07) is 6.21. The van der Waals surface area contributed by atoms with Crippen LogP contribution in [0.25, 0.3) is 0 Å². The Morgan fingerprint density at radius 1 is 1.40 bits per heavy atom. The molecule has 0 aliphatic carbocycles. The fraction of sp³-hybridized carbons (Fsp3) is 0.286. The Bertz CT molecular complexity index is 556. The molecule has 0 spiro atoms. The number of ether oxygens (including phenoxy) is 1. The predicted molar refractivity (Wildman–Crippen MR) is 69.3 cm³/mol. The van der Waals surface area contributed by atoms with E-state index in [0.29, 0.717) is 24.3 Å². The number of carboxylic acids is 1. The zero-order valence-corrected chi connectivity index (χ0v) is 10.7. The third-order valence-electron chi connectivity index (χ3n) is 2.84. The van der Waals surface area contributed by atoms with Crippen molar-refractivity contribution in [1.82, 2.24) is 4.90 Å². The SMILES string of the molecule is O=C(O)COc1cccc(C(=O)N2CCC=C(F)C2)c1. The molecule has 0 atom stereocenters. The van der Waals surface area contributed by atoms with Gasteiger partial charge in [-0.1, -0.05) is 6.07 Å². The molecule has 6 heteroatoms.